The van der Waals surface area contributed by atoms with Crippen LogP contribution < -0.4 is 4.74 Å². The lowest BCUT2D eigenvalue weighted by Gasteiger charge is -2.19. The molecule has 0 aromatic heterocycles. The van der Waals surface area contributed by atoms with Crippen molar-refractivity contribution in [3.05, 3.63) is 24.3 Å². The Morgan fingerprint density at radius 1 is 1.27 bits per heavy atom. The molecule has 122 valence electrons. The molecule has 0 radical (unpaired) electrons. The molecule has 1 atom stereocenters. The van der Waals surface area contributed by atoms with Crippen LogP contribution in [0.3, 0.4) is 0 Å². The van der Waals surface area contributed by atoms with Gasteiger partial charge in [0.25, 0.3) is 0 Å². The van der Waals surface area contributed by atoms with Crippen molar-refractivity contribution in [1.82, 2.24) is 4.90 Å². The number of carboxylic acid groups (broad SMARTS) is 1. The highest BCUT2D eigenvalue weighted by molar-refractivity contribution is 7.91. The topological polar surface area (TPSA) is 101 Å². The van der Waals surface area contributed by atoms with Gasteiger partial charge in [0.15, 0.2) is 9.84 Å². The molecule has 0 aliphatic rings. The van der Waals surface area contributed by atoms with Crippen LogP contribution in [0.2, 0.25) is 0 Å². The van der Waals surface area contributed by atoms with E-state index in [-0.39, 0.29) is 10.6 Å². The number of amides is 1. The fourth-order valence-corrected chi connectivity index (χ4v) is 3.48. The molecule has 1 aromatic rings. The number of carbonyl (C=O) groups is 2. The van der Waals surface area contributed by atoms with E-state index in [1.54, 1.807) is 0 Å². The molecule has 1 aromatic carbocycles. The van der Waals surface area contributed by atoms with Crippen LogP contribution in [0.15, 0.2) is 29.2 Å². The molecule has 0 saturated carbocycles. The fraction of sp³-hybridized carbons (Fsp3) is 0.429. The number of nitrogens with zero attached hydrogens (tertiary/aromatic N) is 1. The van der Waals surface area contributed by atoms with Gasteiger partial charge in [-0.1, -0.05) is 6.92 Å². The Bertz CT molecular complexity index is 638. The van der Waals surface area contributed by atoms with Crippen molar-refractivity contribution in [3.8, 4) is 5.75 Å². The van der Waals surface area contributed by atoms with E-state index in [0.29, 0.717) is 5.75 Å². The second-order valence-corrected chi connectivity index (χ2v) is 6.98. The largest absolute Gasteiger partial charge is 0.497 e. The Kier molecular flexibility index (Phi) is 5.92. The lowest BCUT2D eigenvalue weighted by molar-refractivity contribution is -0.144. The third kappa shape index (κ3) is 4.73. The van der Waals surface area contributed by atoms with Crippen LogP contribution in [-0.4, -0.2) is 56.8 Å². The first kappa shape index (κ1) is 18.0. The summed E-state index contributed by atoms with van der Waals surface area (Å²) < 4.78 is 29.5. The first-order chi connectivity index (χ1) is 10.2. The number of rotatable bonds is 7. The maximum Gasteiger partial charge on any atom is 0.323 e. The number of carbonyl (C=O) groups excluding carboxylic acids is 1. The zero-order valence-corrected chi connectivity index (χ0v) is 13.5. The molecular formula is C14H19NO6S. The lowest BCUT2D eigenvalue weighted by atomic mass is 10.2. The highest BCUT2D eigenvalue weighted by atomic mass is 32.2. The number of aliphatic carboxylic acids is 1. The van der Waals surface area contributed by atoms with Crippen molar-refractivity contribution in [2.45, 2.75) is 11.8 Å². The minimum absolute atomic E-state index is 0.0915. The average Bonchev–Trinajstić information content (AvgIpc) is 2.45. The molecule has 0 aliphatic carbocycles. The molecule has 1 N–H and O–H groups in total. The van der Waals surface area contributed by atoms with Crippen molar-refractivity contribution >= 4 is 21.7 Å². The van der Waals surface area contributed by atoms with Crippen molar-refractivity contribution in [3.63, 3.8) is 0 Å². The van der Waals surface area contributed by atoms with Crippen LogP contribution in [0, 0.1) is 5.92 Å². The van der Waals surface area contributed by atoms with Crippen molar-refractivity contribution in [1.29, 1.82) is 0 Å². The molecule has 8 heteroatoms. The Labute approximate surface area is 129 Å². The first-order valence-electron chi connectivity index (χ1n) is 6.51. The number of sulfone groups is 1. The molecule has 0 spiro atoms. The molecule has 0 aliphatic heterocycles. The number of methoxy groups -OCH3 is 1. The maximum atomic E-state index is 12.3. The third-order valence-electron chi connectivity index (χ3n) is 3.06. The monoisotopic (exact) mass is 329 g/mol. The number of hydrogen-bond donors (Lipinski definition) is 1. The first-order valence-corrected chi connectivity index (χ1v) is 8.16. The summed E-state index contributed by atoms with van der Waals surface area (Å²) in [7, 11) is -0.841. The summed E-state index contributed by atoms with van der Waals surface area (Å²) in [5.74, 6) is -2.37. The Morgan fingerprint density at radius 2 is 1.82 bits per heavy atom. The van der Waals surface area contributed by atoms with E-state index in [4.69, 9.17) is 9.84 Å². The summed E-state index contributed by atoms with van der Waals surface area (Å²) in [6.45, 7) is 0.994. The molecule has 0 bridgehead atoms. The van der Waals surface area contributed by atoms with E-state index in [1.165, 1.54) is 45.3 Å². The predicted molar refractivity (Wildman–Crippen MR) is 79.5 cm³/mol. The molecule has 22 heavy (non-hydrogen) atoms. The summed E-state index contributed by atoms with van der Waals surface area (Å²) in [5.41, 5.74) is 0. The standard InChI is InChI=1S/C14H19NO6S/c1-10(14(18)15(2)8-13(16)17)9-22(19,20)12-6-4-11(21-3)5-7-12/h4-7,10H,8-9H2,1-3H3,(H,16,17). The third-order valence-corrected chi connectivity index (χ3v) is 4.99. The van der Waals surface area contributed by atoms with Gasteiger partial charge in [0.1, 0.15) is 12.3 Å². The zero-order valence-electron chi connectivity index (χ0n) is 12.6. The van der Waals surface area contributed by atoms with Gasteiger partial charge in [-0.15, -0.1) is 0 Å². The Hall–Kier alpha value is -2.09. The van der Waals surface area contributed by atoms with Crippen LogP contribution >= 0.6 is 0 Å². The molecule has 7 nitrogen and oxygen atoms in total. The summed E-state index contributed by atoms with van der Waals surface area (Å²) in [5, 5.41) is 8.65. The number of hydrogen-bond acceptors (Lipinski definition) is 5. The normalized spacial score (nSPS) is 12.5. The predicted octanol–water partition coefficient (Wildman–Crippen LogP) is 0.648. The second-order valence-electron chi connectivity index (χ2n) is 4.95. The number of carboxylic acids is 1. The van der Waals surface area contributed by atoms with Crippen molar-refractivity contribution in [2.24, 2.45) is 5.92 Å². The van der Waals surface area contributed by atoms with E-state index in [9.17, 15) is 18.0 Å². The molecule has 0 fully saturated rings. The molecule has 0 heterocycles. The maximum absolute atomic E-state index is 12.3. The summed E-state index contributed by atoms with van der Waals surface area (Å²) in [6.07, 6.45) is 0. The highest BCUT2D eigenvalue weighted by Crippen LogP contribution is 2.19. The summed E-state index contributed by atoms with van der Waals surface area (Å²) >= 11 is 0. The van der Waals surface area contributed by atoms with Crippen LogP contribution in [0.4, 0.5) is 0 Å². The van der Waals surface area contributed by atoms with Gasteiger partial charge in [0.05, 0.1) is 17.8 Å². The SMILES string of the molecule is COc1ccc(S(=O)(=O)CC(C)C(=O)N(C)CC(=O)O)cc1. The minimum atomic E-state index is -3.64. The number of likely N-dealkylation sites (N-methyl/N-ethyl adjacent to an activating group) is 1. The minimum Gasteiger partial charge on any atom is -0.497 e. The Morgan fingerprint density at radius 3 is 2.27 bits per heavy atom. The van der Waals surface area contributed by atoms with Gasteiger partial charge in [0, 0.05) is 13.0 Å². The second kappa shape index (κ2) is 7.26. The molecule has 1 rings (SSSR count). The molecule has 1 amide bonds. The number of ether oxygens (including phenoxy) is 1. The van der Waals surface area contributed by atoms with Crippen molar-refractivity contribution in [2.75, 3.05) is 26.5 Å². The quantitative estimate of drug-likeness (QED) is 0.788. The molecule has 1 unspecified atom stereocenters. The van der Waals surface area contributed by atoms with E-state index in [2.05, 4.69) is 0 Å². The van der Waals surface area contributed by atoms with Crippen LogP contribution in [0.1, 0.15) is 6.92 Å². The van der Waals surface area contributed by atoms with Gasteiger partial charge in [0.2, 0.25) is 5.91 Å². The Balaban J connectivity index is 2.82. The van der Waals surface area contributed by atoms with Crippen LogP contribution in [-0.2, 0) is 19.4 Å². The van der Waals surface area contributed by atoms with Crippen LogP contribution in [0.25, 0.3) is 0 Å². The molecule has 0 saturated heterocycles. The zero-order chi connectivity index (χ0) is 16.9. The fourth-order valence-electron chi connectivity index (χ4n) is 1.94. The highest BCUT2D eigenvalue weighted by Gasteiger charge is 2.26. The average molecular weight is 329 g/mol. The molecular weight excluding hydrogens is 310 g/mol. The van der Waals surface area contributed by atoms with Gasteiger partial charge >= 0.3 is 5.97 Å². The van der Waals surface area contributed by atoms with Gasteiger partial charge in [-0.2, -0.15) is 0 Å². The van der Waals surface area contributed by atoms with E-state index in [0.717, 1.165) is 4.90 Å². The number of benzene rings is 1. The smallest absolute Gasteiger partial charge is 0.323 e. The van der Waals surface area contributed by atoms with E-state index >= 15 is 0 Å². The summed E-state index contributed by atoms with van der Waals surface area (Å²) in [4.78, 5) is 23.6. The van der Waals surface area contributed by atoms with Gasteiger partial charge < -0.3 is 14.7 Å². The lowest BCUT2D eigenvalue weighted by Crippen LogP contribution is -2.38. The van der Waals surface area contributed by atoms with E-state index in [1.807, 2.05) is 0 Å². The van der Waals surface area contributed by atoms with Gasteiger partial charge in [-0.25, -0.2) is 8.42 Å². The van der Waals surface area contributed by atoms with Gasteiger partial charge in [-0.3, -0.25) is 9.59 Å². The van der Waals surface area contributed by atoms with Crippen molar-refractivity contribution < 1.29 is 27.9 Å². The van der Waals surface area contributed by atoms with Crippen LogP contribution in [0.5, 0.6) is 5.75 Å². The van der Waals surface area contributed by atoms with Gasteiger partial charge in [-0.05, 0) is 24.3 Å². The summed E-state index contributed by atoms with van der Waals surface area (Å²) in [6, 6.07) is 5.87. The van der Waals surface area contributed by atoms with E-state index < -0.39 is 34.2 Å².